The van der Waals surface area contributed by atoms with Gasteiger partial charge in [0.05, 0.1) is 43.9 Å². The summed E-state index contributed by atoms with van der Waals surface area (Å²) < 4.78 is 42.5. The maximum Gasteiger partial charge on any atom is 0.187 e. The minimum Gasteiger partial charge on any atom is -0.494 e. The number of hydrogen-bond acceptors (Lipinski definition) is 17. The third-order valence-electron chi connectivity index (χ3n) is 16.2. The average Bonchev–Trinajstić information content (AvgIpc) is 3.72. The molecule has 6 fully saturated rings. The van der Waals surface area contributed by atoms with Crippen molar-refractivity contribution in [2.45, 2.75) is 183 Å². The van der Waals surface area contributed by atoms with E-state index in [2.05, 4.69) is 33.4 Å². The second-order valence-corrected chi connectivity index (χ2v) is 19.7. The van der Waals surface area contributed by atoms with Crippen molar-refractivity contribution in [1.29, 1.82) is 0 Å². The van der Waals surface area contributed by atoms with Crippen molar-refractivity contribution in [3.63, 3.8) is 0 Å². The molecule has 17 nitrogen and oxygen atoms in total. The Morgan fingerprint density at radius 1 is 0.852 bits per heavy atom. The normalized spacial score (nSPS) is 52.1. The fourth-order valence-corrected chi connectivity index (χ4v) is 12.7. The highest BCUT2D eigenvalue weighted by atomic mass is 16.8. The van der Waals surface area contributed by atoms with E-state index in [9.17, 15) is 51.1 Å². The Balaban J connectivity index is 0.940. The van der Waals surface area contributed by atoms with E-state index in [0.29, 0.717) is 37.5 Å². The van der Waals surface area contributed by atoms with Crippen LogP contribution >= 0.6 is 0 Å². The third-order valence-corrected chi connectivity index (χ3v) is 16.2. The number of hydrogen-bond donors (Lipinski definition) is 10. The molecule has 0 radical (unpaired) electrons. The van der Waals surface area contributed by atoms with Gasteiger partial charge in [-0.25, -0.2) is 0 Å². The van der Waals surface area contributed by atoms with Gasteiger partial charge < -0.3 is 84.2 Å². The van der Waals surface area contributed by atoms with Crippen LogP contribution in [-0.2, 0) is 33.2 Å². The predicted octanol–water partition coefficient (Wildman–Crippen LogP) is -0.352. The summed E-state index contributed by atoms with van der Waals surface area (Å²) in [4.78, 5) is 0. The van der Waals surface area contributed by atoms with Crippen LogP contribution in [0.25, 0.3) is 0 Å². The first-order chi connectivity index (χ1) is 28.9. The Hall–Kier alpha value is -1.62. The van der Waals surface area contributed by atoms with Gasteiger partial charge >= 0.3 is 0 Å². The van der Waals surface area contributed by atoms with Gasteiger partial charge in [0.15, 0.2) is 18.9 Å². The van der Waals surface area contributed by atoms with Gasteiger partial charge in [-0.1, -0.05) is 37.6 Å². The van der Waals surface area contributed by atoms with Crippen LogP contribution in [0.3, 0.4) is 0 Å². The fourth-order valence-electron chi connectivity index (χ4n) is 12.7. The maximum atomic E-state index is 11.2. The number of fused-ring (bicyclic) bond motifs is 7. The van der Waals surface area contributed by atoms with E-state index in [-0.39, 0.29) is 36.6 Å². The van der Waals surface area contributed by atoms with Crippen molar-refractivity contribution in [1.82, 2.24) is 0 Å². The summed E-state index contributed by atoms with van der Waals surface area (Å²) in [6.45, 7) is 11.8. The molecule has 0 amide bonds. The van der Waals surface area contributed by atoms with Gasteiger partial charge in [-0.05, 0) is 81.1 Å². The zero-order chi connectivity index (χ0) is 43.9. The van der Waals surface area contributed by atoms with Gasteiger partial charge in [0, 0.05) is 24.2 Å². The molecule has 0 aromatic heterocycles. The molecule has 23 unspecified atom stereocenters. The summed E-state index contributed by atoms with van der Waals surface area (Å²) in [5, 5.41) is 104. The average molecular weight is 869 g/mol. The molecule has 3 saturated heterocycles. The lowest BCUT2D eigenvalue weighted by molar-refractivity contribution is -0.362. The van der Waals surface area contributed by atoms with Crippen LogP contribution in [0.4, 0.5) is 0 Å². The monoisotopic (exact) mass is 868 g/mol. The predicted molar refractivity (Wildman–Crippen MR) is 211 cm³/mol. The van der Waals surface area contributed by atoms with Crippen molar-refractivity contribution < 1.29 is 84.2 Å². The van der Waals surface area contributed by atoms with E-state index in [4.69, 9.17) is 33.2 Å². The summed E-state index contributed by atoms with van der Waals surface area (Å²) in [5.74, 6) is 2.07. The summed E-state index contributed by atoms with van der Waals surface area (Å²) in [7, 11) is 0. The third kappa shape index (κ3) is 7.99. The highest BCUT2D eigenvalue weighted by Gasteiger charge is 2.65. The Bertz CT molecular complexity index is 1660. The minimum atomic E-state index is -1.64. The van der Waals surface area contributed by atoms with Crippen molar-refractivity contribution in [2.24, 2.45) is 34.5 Å². The summed E-state index contributed by atoms with van der Waals surface area (Å²) in [6.07, 6.45) is -12.2. The highest BCUT2D eigenvalue weighted by Crippen LogP contribution is 2.69. The molecule has 0 bridgehead atoms. The molecule has 3 saturated carbocycles. The molecule has 8 aliphatic rings. The number of aliphatic hydroxyl groups excluding tert-OH is 10. The lowest BCUT2D eigenvalue weighted by Crippen LogP contribution is -2.63. The summed E-state index contributed by atoms with van der Waals surface area (Å²) >= 11 is 0. The van der Waals surface area contributed by atoms with E-state index in [1.165, 1.54) is 12.5 Å². The van der Waals surface area contributed by atoms with Gasteiger partial charge in [-0.3, -0.25) is 0 Å². The minimum absolute atomic E-state index is 0.0189. The molecule has 346 valence electrons. The molecule has 0 aromatic carbocycles. The number of aliphatic hydroxyl groups is 10. The Labute approximate surface area is 356 Å². The Morgan fingerprint density at radius 3 is 2.31 bits per heavy atom. The number of rotatable bonds is 11. The van der Waals surface area contributed by atoms with Crippen LogP contribution in [0.15, 0.2) is 35.1 Å². The second kappa shape index (κ2) is 17.6. The Kier molecular flexibility index (Phi) is 13.3. The lowest BCUT2D eigenvalue weighted by Gasteiger charge is -2.60. The molecule has 4 heterocycles. The standard InChI is InChI=1S/C44H68O17/c1-18(16-55-40-37(53)36(52)34(50)29(15-45)59-40)6-9-27-19(2)31-28(58-27)14-25-23-8-7-21-12-22(46)13-30(44(21,5)24(23)10-11-43(25,31)4)60-42-39(33(49)26(47)17-56-42)61-41-38(54)35(51)32(48)20(3)57-41/h7,20,22-26,28-42,45-54H,1,6,8-17H2,2-5H3. The quantitative estimate of drug-likeness (QED) is 0.119. The van der Waals surface area contributed by atoms with E-state index in [1.807, 2.05) is 0 Å². The van der Waals surface area contributed by atoms with Gasteiger partial charge in [0.1, 0.15) is 67.1 Å². The largest absolute Gasteiger partial charge is 0.494 e. The van der Waals surface area contributed by atoms with Gasteiger partial charge in [-0.2, -0.15) is 0 Å². The molecule has 17 heteroatoms. The van der Waals surface area contributed by atoms with Crippen molar-refractivity contribution in [3.8, 4) is 0 Å². The first kappa shape index (κ1) is 45.9. The molecule has 10 N–H and O–H groups in total. The number of allylic oxidation sites excluding steroid dienone is 2. The van der Waals surface area contributed by atoms with E-state index in [1.54, 1.807) is 0 Å². The van der Waals surface area contributed by atoms with Crippen LogP contribution in [0.5, 0.6) is 0 Å². The zero-order valence-electron chi connectivity index (χ0n) is 35.5. The number of ether oxygens (including phenoxy) is 7. The van der Waals surface area contributed by atoms with E-state index >= 15 is 0 Å². The van der Waals surface area contributed by atoms with E-state index < -0.39 is 110 Å². The molecule has 61 heavy (non-hydrogen) atoms. The first-order valence-electron chi connectivity index (χ1n) is 22.2. The SMILES string of the molecule is C=C(CCC1=C(C)C2C(CC3C4CC=C5CC(O)CC(OC6OCC(O)C(O)C6OC6OC(C)C(O)C(O)C6O)C5(C)C4CCC32C)O1)COC1OC(CO)C(O)C(O)C1O. The van der Waals surface area contributed by atoms with Crippen molar-refractivity contribution >= 4 is 0 Å². The smallest absolute Gasteiger partial charge is 0.187 e. The van der Waals surface area contributed by atoms with Crippen LogP contribution < -0.4 is 0 Å². The van der Waals surface area contributed by atoms with Crippen LogP contribution in [0.1, 0.15) is 79.1 Å². The second-order valence-electron chi connectivity index (χ2n) is 19.7. The summed E-state index contributed by atoms with van der Waals surface area (Å²) in [5.41, 5.74) is 2.61. The molecule has 0 spiro atoms. The van der Waals surface area contributed by atoms with Crippen LogP contribution in [0.2, 0.25) is 0 Å². The molecule has 4 aliphatic carbocycles. The topological polar surface area (TPSA) is 267 Å². The lowest BCUT2D eigenvalue weighted by atomic mass is 9.46. The van der Waals surface area contributed by atoms with Gasteiger partial charge in [0.25, 0.3) is 0 Å². The van der Waals surface area contributed by atoms with Gasteiger partial charge in [0.2, 0.25) is 0 Å². The van der Waals surface area contributed by atoms with Crippen molar-refractivity contribution in [3.05, 3.63) is 35.1 Å². The molecular weight excluding hydrogens is 800 g/mol. The molecule has 8 rings (SSSR count). The zero-order valence-corrected chi connectivity index (χ0v) is 35.5. The molecule has 23 atom stereocenters. The molecular formula is C44H68O17. The fraction of sp³-hybridized carbons (Fsp3) is 0.864. The molecule has 4 aliphatic heterocycles. The Morgan fingerprint density at radius 2 is 1.57 bits per heavy atom. The first-order valence-corrected chi connectivity index (χ1v) is 22.2. The van der Waals surface area contributed by atoms with Crippen molar-refractivity contribution in [2.75, 3.05) is 19.8 Å². The van der Waals surface area contributed by atoms with Gasteiger partial charge in [-0.15, -0.1) is 0 Å². The molecule has 0 aromatic rings. The maximum absolute atomic E-state index is 11.2. The van der Waals surface area contributed by atoms with Crippen LogP contribution in [0, 0.1) is 34.5 Å². The van der Waals surface area contributed by atoms with E-state index in [0.717, 1.165) is 42.6 Å². The summed E-state index contributed by atoms with van der Waals surface area (Å²) in [6, 6.07) is 0. The van der Waals surface area contributed by atoms with Crippen LogP contribution in [-0.4, -0.2) is 175 Å². The highest BCUT2D eigenvalue weighted by molar-refractivity contribution is 5.31.